The van der Waals surface area contributed by atoms with Crippen molar-refractivity contribution in [2.45, 2.75) is 6.42 Å². The highest BCUT2D eigenvalue weighted by Gasteiger charge is 2.06. The molecule has 0 radical (unpaired) electrons. The van der Waals surface area contributed by atoms with Crippen molar-refractivity contribution in [3.63, 3.8) is 0 Å². The molecule has 0 saturated heterocycles. The molecule has 0 aliphatic rings. The number of carbonyl (C=O) groups is 1. The van der Waals surface area contributed by atoms with E-state index in [-0.39, 0.29) is 5.78 Å². The van der Waals surface area contributed by atoms with Gasteiger partial charge in [-0.15, -0.1) is 0 Å². The maximum absolute atomic E-state index is 12.0. The number of hydrogen-bond donors (Lipinski definition) is 1. The third-order valence-corrected chi connectivity index (χ3v) is 4.11. The number of thioether (sulfide) groups is 1. The highest BCUT2D eigenvalue weighted by molar-refractivity contribution is 8.00. The maximum Gasteiger partial charge on any atom is 0.172 e. The smallest absolute Gasteiger partial charge is 0.172 e. The number of carbonyl (C=O) groups excluding carboxylic acids is 1. The van der Waals surface area contributed by atoms with Crippen LogP contribution in [-0.2, 0) is 0 Å². The summed E-state index contributed by atoms with van der Waals surface area (Å²) in [5.41, 5.74) is 0.812. The zero-order valence-electron chi connectivity index (χ0n) is 10.1. The number of Topliss-reactive ketones (excluding diaryl/α,β-unsaturated/α-hetero) is 1. The van der Waals surface area contributed by atoms with Gasteiger partial charge in [0, 0.05) is 5.56 Å². The van der Waals surface area contributed by atoms with Gasteiger partial charge in [0.1, 0.15) is 0 Å². The average Bonchev–Trinajstić information content (AvgIpc) is 2.43. The molecule has 0 spiro atoms. The van der Waals surface area contributed by atoms with Crippen LogP contribution in [0.2, 0.25) is 0 Å². The third kappa shape index (κ3) is 3.53. The van der Waals surface area contributed by atoms with Crippen LogP contribution in [0.3, 0.4) is 0 Å². The second-order valence-electron chi connectivity index (χ2n) is 4.11. The quantitative estimate of drug-likeness (QED) is 0.486. The molecule has 0 aliphatic carbocycles. The Morgan fingerprint density at radius 2 is 1.89 bits per heavy atom. The monoisotopic (exact) mass is 276 g/mol. The minimum atomic E-state index is 0.213. The summed E-state index contributed by atoms with van der Waals surface area (Å²) < 4.78 is 0. The van der Waals surface area contributed by atoms with Crippen LogP contribution in [0.4, 0.5) is 0 Å². The summed E-state index contributed by atoms with van der Waals surface area (Å²) in [5.74, 6) is 2.66. The van der Waals surface area contributed by atoms with Crippen molar-refractivity contribution in [2.75, 3.05) is 17.3 Å². The van der Waals surface area contributed by atoms with Gasteiger partial charge in [0.25, 0.3) is 0 Å². The molecule has 1 nitrogen and oxygen atoms in total. The maximum atomic E-state index is 12.0. The zero-order chi connectivity index (χ0) is 12.8. The largest absolute Gasteiger partial charge is 0.293 e. The highest BCUT2D eigenvalue weighted by Crippen LogP contribution is 2.17. The third-order valence-electron chi connectivity index (χ3n) is 2.75. The number of ketones is 1. The first-order chi connectivity index (χ1) is 8.81. The Labute approximate surface area is 117 Å². The van der Waals surface area contributed by atoms with Crippen molar-refractivity contribution in [1.29, 1.82) is 0 Å². The van der Waals surface area contributed by atoms with Crippen LogP contribution in [-0.4, -0.2) is 23.0 Å². The molecular formula is C15H16OS2. The summed E-state index contributed by atoms with van der Waals surface area (Å²) in [6.45, 7) is 0. The lowest BCUT2D eigenvalue weighted by atomic mass is 10.1. The first-order valence-electron chi connectivity index (χ1n) is 6.02. The van der Waals surface area contributed by atoms with E-state index in [1.165, 1.54) is 5.39 Å². The van der Waals surface area contributed by atoms with Crippen LogP contribution in [0.1, 0.15) is 16.8 Å². The molecule has 0 unspecified atom stereocenters. The predicted octanol–water partition coefficient (Wildman–Crippen LogP) is 4.08. The van der Waals surface area contributed by atoms with Gasteiger partial charge in [-0.05, 0) is 34.8 Å². The number of benzene rings is 2. The van der Waals surface area contributed by atoms with Crippen LogP contribution < -0.4 is 0 Å². The first kappa shape index (κ1) is 13.5. The van der Waals surface area contributed by atoms with Gasteiger partial charge in [-0.3, -0.25) is 4.79 Å². The molecule has 2 aromatic rings. The van der Waals surface area contributed by atoms with Gasteiger partial charge in [0.05, 0.1) is 5.75 Å². The lowest BCUT2D eigenvalue weighted by Crippen LogP contribution is -2.03. The first-order valence-corrected chi connectivity index (χ1v) is 7.80. The highest BCUT2D eigenvalue weighted by atomic mass is 32.2. The second-order valence-corrected chi connectivity index (χ2v) is 5.67. The molecule has 0 fully saturated rings. The molecule has 3 heteroatoms. The zero-order valence-corrected chi connectivity index (χ0v) is 11.8. The molecule has 0 amide bonds. The molecular weight excluding hydrogens is 260 g/mol. The molecule has 0 aromatic heterocycles. The molecule has 18 heavy (non-hydrogen) atoms. The van der Waals surface area contributed by atoms with E-state index < -0.39 is 0 Å². The van der Waals surface area contributed by atoms with E-state index in [9.17, 15) is 4.79 Å². The number of fused-ring (bicyclic) bond motifs is 1. The van der Waals surface area contributed by atoms with E-state index in [1.54, 1.807) is 11.8 Å². The summed E-state index contributed by atoms with van der Waals surface area (Å²) >= 11 is 5.85. The number of hydrogen-bond acceptors (Lipinski definition) is 3. The minimum Gasteiger partial charge on any atom is -0.293 e. The molecule has 2 rings (SSSR count). The normalized spacial score (nSPS) is 10.7. The summed E-state index contributed by atoms with van der Waals surface area (Å²) in [5, 5.41) is 2.31. The van der Waals surface area contributed by atoms with Gasteiger partial charge >= 0.3 is 0 Å². The van der Waals surface area contributed by atoms with E-state index in [0.717, 1.165) is 28.9 Å². The fourth-order valence-electron chi connectivity index (χ4n) is 1.78. The Kier molecular flexibility index (Phi) is 5.14. The van der Waals surface area contributed by atoms with Crippen LogP contribution in [0.25, 0.3) is 10.8 Å². The fourth-order valence-corrected chi connectivity index (χ4v) is 2.99. The lowest BCUT2D eigenvalue weighted by Gasteiger charge is -2.03. The van der Waals surface area contributed by atoms with Crippen LogP contribution >= 0.6 is 24.4 Å². The molecule has 0 atom stereocenters. The van der Waals surface area contributed by atoms with Crippen LogP contribution in [0, 0.1) is 0 Å². The van der Waals surface area contributed by atoms with Gasteiger partial charge in [0.15, 0.2) is 5.78 Å². The molecule has 0 heterocycles. The van der Waals surface area contributed by atoms with Gasteiger partial charge in [-0.1, -0.05) is 36.4 Å². The van der Waals surface area contributed by atoms with Gasteiger partial charge in [-0.25, -0.2) is 0 Å². The molecule has 0 N–H and O–H groups in total. The Bertz CT molecular complexity index is 537. The summed E-state index contributed by atoms with van der Waals surface area (Å²) in [7, 11) is 0. The predicted molar refractivity (Wildman–Crippen MR) is 84.1 cm³/mol. The molecule has 0 saturated carbocycles. The van der Waals surface area contributed by atoms with E-state index >= 15 is 0 Å². The van der Waals surface area contributed by atoms with Crippen molar-refractivity contribution in [2.24, 2.45) is 0 Å². The molecule has 0 bridgehead atoms. The van der Waals surface area contributed by atoms with Crippen LogP contribution in [0.5, 0.6) is 0 Å². The molecule has 2 aromatic carbocycles. The van der Waals surface area contributed by atoms with E-state index in [1.807, 2.05) is 36.4 Å². The van der Waals surface area contributed by atoms with Crippen molar-refractivity contribution >= 4 is 40.9 Å². The molecule has 94 valence electrons. The average molecular weight is 276 g/mol. The van der Waals surface area contributed by atoms with Gasteiger partial charge < -0.3 is 0 Å². The molecule has 0 aliphatic heterocycles. The van der Waals surface area contributed by atoms with Crippen molar-refractivity contribution in [3.8, 4) is 0 Å². The Hall–Kier alpha value is -0.930. The standard InChI is InChI=1S/C15H16OS2/c16-15(11-18-9-3-8-17)14-7-6-12-4-1-2-5-13(12)10-14/h1-2,4-7,10,17H,3,8-9,11H2. The number of rotatable bonds is 6. The van der Waals surface area contributed by atoms with Crippen molar-refractivity contribution in [3.05, 3.63) is 48.0 Å². The second kappa shape index (κ2) is 6.86. The van der Waals surface area contributed by atoms with Crippen LogP contribution in [0.15, 0.2) is 42.5 Å². The van der Waals surface area contributed by atoms with E-state index in [4.69, 9.17) is 0 Å². The van der Waals surface area contributed by atoms with E-state index in [0.29, 0.717) is 5.75 Å². The Morgan fingerprint density at radius 3 is 2.67 bits per heavy atom. The van der Waals surface area contributed by atoms with Crippen molar-refractivity contribution < 1.29 is 4.79 Å². The summed E-state index contributed by atoms with van der Waals surface area (Å²) in [6, 6.07) is 14.0. The van der Waals surface area contributed by atoms with Crippen molar-refractivity contribution in [1.82, 2.24) is 0 Å². The fraction of sp³-hybridized carbons (Fsp3) is 0.267. The lowest BCUT2D eigenvalue weighted by molar-refractivity contribution is 0.102. The summed E-state index contributed by atoms with van der Waals surface area (Å²) in [4.78, 5) is 12.0. The van der Waals surface area contributed by atoms with E-state index in [2.05, 4.69) is 18.7 Å². The van der Waals surface area contributed by atoms with Gasteiger partial charge in [-0.2, -0.15) is 24.4 Å². The summed E-state index contributed by atoms with van der Waals surface area (Å²) in [6.07, 6.45) is 1.05. The topological polar surface area (TPSA) is 17.1 Å². The SMILES string of the molecule is O=C(CSCCCS)c1ccc2ccccc2c1. The number of thiol groups is 1. The van der Waals surface area contributed by atoms with Gasteiger partial charge in [0.2, 0.25) is 0 Å². The Morgan fingerprint density at radius 1 is 1.11 bits per heavy atom. The Balaban J connectivity index is 2.04. The minimum absolute atomic E-state index is 0.213.